The van der Waals surface area contributed by atoms with Gasteiger partial charge in [0.25, 0.3) is 0 Å². The van der Waals surface area contributed by atoms with Gasteiger partial charge in [-0.3, -0.25) is 14.5 Å². The van der Waals surface area contributed by atoms with Crippen molar-refractivity contribution < 1.29 is 24.9 Å². The number of phenolic OH excluding ortho intramolecular Hbond substituents is 1. The molecule has 6 rings (SSSR count). The van der Waals surface area contributed by atoms with E-state index in [9.17, 15) is 24.9 Å². The van der Waals surface area contributed by atoms with Crippen LogP contribution in [0.3, 0.4) is 0 Å². The van der Waals surface area contributed by atoms with E-state index in [2.05, 4.69) is 18.3 Å². The van der Waals surface area contributed by atoms with E-state index in [1.807, 2.05) is 98.8 Å². The van der Waals surface area contributed by atoms with E-state index in [4.69, 9.17) is 0 Å². The van der Waals surface area contributed by atoms with Gasteiger partial charge >= 0.3 is 0 Å². The Kier molecular flexibility index (Phi) is 10.7. The zero-order chi connectivity index (χ0) is 35.4. The van der Waals surface area contributed by atoms with Crippen molar-refractivity contribution in [3.63, 3.8) is 0 Å². The van der Waals surface area contributed by atoms with Gasteiger partial charge in [0.15, 0.2) is 0 Å². The highest BCUT2D eigenvalue weighted by molar-refractivity contribution is 6.22. The number of rotatable bonds is 12. The van der Waals surface area contributed by atoms with Crippen molar-refractivity contribution in [2.24, 2.45) is 17.8 Å². The first-order valence-electron chi connectivity index (χ1n) is 17.6. The van der Waals surface area contributed by atoms with E-state index in [-0.39, 0.29) is 24.2 Å². The molecule has 1 heterocycles. The van der Waals surface area contributed by atoms with E-state index in [0.717, 1.165) is 51.2 Å². The second kappa shape index (κ2) is 15.3. The summed E-state index contributed by atoms with van der Waals surface area (Å²) in [6, 6.07) is 31.0. The van der Waals surface area contributed by atoms with Crippen molar-refractivity contribution in [2.75, 3.05) is 16.8 Å². The number of carbonyl (C=O) groups is 2. The lowest BCUT2D eigenvalue weighted by molar-refractivity contribution is -0.123. The van der Waals surface area contributed by atoms with Crippen LogP contribution in [0.25, 0.3) is 11.6 Å². The Balaban J connectivity index is 1.25. The lowest BCUT2D eigenvalue weighted by Gasteiger charge is -2.36. The van der Waals surface area contributed by atoms with Crippen molar-refractivity contribution in [3.8, 4) is 5.75 Å². The van der Waals surface area contributed by atoms with Crippen LogP contribution in [0.15, 0.2) is 108 Å². The number of hydrogen-bond donors (Lipinski definition) is 4. The number of para-hydroxylation sites is 1. The molecule has 4 N–H and O–H groups in total. The second-order valence-electron chi connectivity index (χ2n) is 13.6. The predicted molar refractivity (Wildman–Crippen MR) is 200 cm³/mol. The monoisotopic (exact) mass is 670 g/mol. The first-order chi connectivity index (χ1) is 24.2. The molecule has 0 bridgehead atoms. The molecule has 1 aliphatic carbocycles. The second-order valence-corrected chi connectivity index (χ2v) is 13.6. The summed E-state index contributed by atoms with van der Waals surface area (Å²) >= 11 is 0. The van der Waals surface area contributed by atoms with Crippen LogP contribution in [0.4, 0.5) is 17.1 Å². The first kappa shape index (κ1) is 34.9. The average Bonchev–Trinajstić information content (AvgIpc) is 3.37. The number of aliphatic hydroxyl groups excluding tert-OH is 2. The number of hydrogen-bond acceptors (Lipinski definition) is 6. The van der Waals surface area contributed by atoms with E-state index >= 15 is 0 Å². The molecule has 0 radical (unpaired) electrons. The molecule has 0 unspecified atom stereocenters. The Hall–Kier alpha value is -4.98. The van der Waals surface area contributed by atoms with Crippen LogP contribution < -0.4 is 10.2 Å². The zero-order valence-corrected chi connectivity index (χ0v) is 29.0. The van der Waals surface area contributed by atoms with Gasteiger partial charge < -0.3 is 20.6 Å². The summed E-state index contributed by atoms with van der Waals surface area (Å²) in [6.07, 6.45) is 4.02. The summed E-state index contributed by atoms with van der Waals surface area (Å²) in [5, 5.41) is 36.4. The van der Waals surface area contributed by atoms with Crippen molar-refractivity contribution in [2.45, 2.75) is 59.0 Å². The third kappa shape index (κ3) is 7.16. The van der Waals surface area contributed by atoms with Gasteiger partial charge in [0, 0.05) is 17.3 Å². The van der Waals surface area contributed by atoms with Gasteiger partial charge in [-0.25, -0.2) is 0 Å². The third-order valence-electron chi connectivity index (χ3n) is 10.2. The summed E-state index contributed by atoms with van der Waals surface area (Å²) in [7, 11) is 0. The van der Waals surface area contributed by atoms with E-state index < -0.39 is 23.9 Å². The van der Waals surface area contributed by atoms with E-state index in [1.54, 1.807) is 12.1 Å². The van der Waals surface area contributed by atoms with Gasteiger partial charge in [-0.15, -0.1) is 0 Å². The summed E-state index contributed by atoms with van der Waals surface area (Å²) < 4.78 is 0. The highest BCUT2D eigenvalue weighted by Crippen LogP contribution is 2.48. The third-order valence-corrected chi connectivity index (χ3v) is 10.2. The van der Waals surface area contributed by atoms with Crippen LogP contribution in [0.2, 0.25) is 0 Å². The highest BCUT2D eigenvalue weighted by Gasteiger charge is 2.55. The van der Waals surface area contributed by atoms with Gasteiger partial charge in [-0.05, 0) is 121 Å². The Morgan fingerprint density at radius 2 is 1.52 bits per heavy atom. The number of aryl methyl sites for hydroxylation is 2. The number of nitrogens with zero attached hydrogens (tertiary/aromatic N) is 1. The number of nitrogens with one attached hydrogen (secondary N) is 1. The maximum absolute atomic E-state index is 14.1. The molecule has 0 spiro atoms. The molecule has 7 heteroatoms. The molecule has 1 fully saturated rings. The smallest absolute Gasteiger partial charge is 0.238 e. The van der Waals surface area contributed by atoms with Gasteiger partial charge in [0.2, 0.25) is 11.8 Å². The molecule has 0 aromatic heterocycles. The number of allylic oxidation sites excluding steroid dienone is 2. The van der Waals surface area contributed by atoms with Crippen molar-refractivity contribution in [1.82, 2.24) is 0 Å². The molecule has 4 aromatic rings. The van der Waals surface area contributed by atoms with Crippen LogP contribution in [0.1, 0.15) is 61.3 Å². The minimum absolute atomic E-state index is 0.252. The van der Waals surface area contributed by atoms with Crippen LogP contribution in [-0.2, 0) is 9.59 Å². The number of phenols is 1. The Labute approximate surface area is 294 Å². The molecule has 1 saturated heterocycles. The molecule has 258 valence electrons. The van der Waals surface area contributed by atoms with Crippen LogP contribution in [-0.4, -0.2) is 39.8 Å². The number of amides is 2. The topological polar surface area (TPSA) is 110 Å². The average molecular weight is 671 g/mol. The Morgan fingerprint density at radius 3 is 2.14 bits per heavy atom. The van der Waals surface area contributed by atoms with Gasteiger partial charge in [-0.2, -0.15) is 0 Å². The number of aromatic hydroxyl groups is 1. The molecule has 2 amide bonds. The largest absolute Gasteiger partial charge is 0.507 e. The molecule has 4 atom stereocenters. The molecular formula is C43H46N2O5. The van der Waals surface area contributed by atoms with Gasteiger partial charge in [-0.1, -0.05) is 73.5 Å². The minimum Gasteiger partial charge on any atom is -0.507 e. The Morgan fingerprint density at radius 1 is 0.900 bits per heavy atom. The normalized spacial score (nSPS) is 19.9. The fourth-order valence-corrected chi connectivity index (χ4v) is 7.81. The standard InChI is InChI=1S/C43H46N2O5/c1-4-11-32-25-36-40(43(50)45(42(36)49)35-19-17-34(18-20-35)44-33-14-9-6-10-15-33)37(26-46)39(32)38(47)21-16-31(30-12-7-5-8-13-30)24-29-22-27(2)41(48)28(3)23-29/h5-10,12-15,17-20,22-24,36-38,40,44,46-48H,4,11,16,21,25-26H2,1-3H3/b31-24-/t36-,37+,38-,40-/m1/s1. The fraction of sp³-hybridized carbons (Fsp3) is 0.302. The molecule has 1 aliphatic heterocycles. The van der Waals surface area contributed by atoms with Crippen molar-refractivity contribution in [3.05, 3.63) is 130 Å². The predicted octanol–water partition coefficient (Wildman–Crippen LogP) is 8.35. The number of benzene rings is 4. The summed E-state index contributed by atoms with van der Waals surface area (Å²) in [5.41, 5.74) is 8.58. The van der Waals surface area contributed by atoms with Crippen LogP contribution in [0, 0.1) is 31.6 Å². The van der Waals surface area contributed by atoms with Gasteiger partial charge in [0.1, 0.15) is 5.75 Å². The molecule has 4 aromatic carbocycles. The van der Waals surface area contributed by atoms with Crippen LogP contribution >= 0.6 is 0 Å². The zero-order valence-electron chi connectivity index (χ0n) is 29.0. The maximum Gasteiger partial charge on any atom is 0.238 e. The fourth-order valence-electron chi connectivity index (χ4n) is 7.81. The first-order valence-corrected chi connectivity index (χ1v) is 17.6. The molecular weight excluding hydrogens is 624 g/mol. The lowest BCUT2D eigenvalue weighted by Crippen LogP contribution is -2.39. The number of anilines is 3. The van der Waals surface area contributed by atoms with Crippen molar-refractivity contribution >= 4 is 40.5 Å². The molecule has 50 heavy (non-hydrogen) atoms. The van der Waals surface area contributed by atoms with Crippen LogP contribution in [0.5, 0.6) is 5.75 Å². The minimum atomic E-state index is -0.898. The highest BCUT2D eigenvalue weighted by atomic mass is 16.3. The number of fused-ring (bicyclic) bond motifs is 1. The number of carbonyl (C=O) groups excluding carboxylic acids is 2. The van der Waals surface area contributed by atoms with E-state index in [1.165, 1.54) is 4.90 Å². The number of aliphatic hydroxyl groups is 2. The quantitative estimate of drug-likeness (QED) is 0.0685. The van der Waals surface area contributed by atoms with E-state index in [0.29, 0.717) is 36.9 Å². The lowest BCUT2D eigenvalue weighted by atomic mass is 9.67. The number of imide groups is 1. The Bertz CT molecular complexity index is 1880. The molecule has 7 nitrogen and oxygen atoms in total. The van der Waals surface area contributed by atoms with Gasteiger partial charge in [0.05, 0.1) is 30.2 Å². The summed E-state index contributed by atoms with van der Waals surface area (Å²) in [5.74, 6) is -2.27. The molecule has 2 aliphatic rings. The van der Waals surface area contributed by atoms with Crippen molar-refractivity contribution in [1.29, 1.82) is 0 Å². The summed E-state index contributed by atoms with van der Waals surface area (Å²) in [6.45, 7) is 5.50. The maximum atomic E-state index is 14.1. The summed E-state index contributed by atoms with van der Waals surface area (Å²) in [4.78, 5) is 29.3. The SMILES string of the molecule is CCCC1=C([C@H](O)CC/C(=C/c2cc(C)c(O)c(C)c2)c2ccccc2)[C@H](CO)[C@@H]2C(=O)N(c3ccc(Nc4ccccc4)cc3)C(=O)[C@@H]2C1. The molecule has 0 saturated carbocycles.